The molecule has 3 atom stereocenters. The third kappa shape index (κ3) is 4.28. The molecule has 2 N–H and O–H groups in total. The molecule has 0 saturated carbocycles. The van der Waals surface area contributed by atoms with Gasteiger partial charge in [0.1, 0.15) is 0 Å². The average molecular weight is 389 g/mol. The van der Waals surface area contributed by atoms with Crippen LogP contribution in [0.15, 0.2) is 12.4 Å². The number of nitrogens with one attached hydrogen (secondary N) is 1. The number of carboxylic acid groups (broad SMARTS) is 1. The highest BCUT2D eigenvalue weighted by atomic mass is 19.4. The van der Waals surface area contributed by atoms with E-state index in [4.69, 9.17) is 5.11 Å². The van der Waals surface area contributed by atoms with Crippen molar-refractivity contribution in [1.29, 1.82) is 0 Å². The second-order valence-electron chi connectivity index (χ2n) is 7.10. The van der Waals surface area contributed by atoms with E-state index in [1.807, 2.05) is 6.20 Å². The second-order valence-corrected chi connectivity index (χ2v) is 7.10. The van der Waals surface area contributed by atoms with Crippen molar-refractivity contribution in [1.82, 2.24) is 20.0 Å². The molecule has 0 radical (unpaired) electrons. The van der Waals surface area contributed by atoms with Gasteiger partial charge in [0.25, 0.3) is 0 Å². The van der Waals surface area contributed by atoms with E-state index in [1.54, 1.807) is 17.9 Å². The Morgan fingerprint density at radius 1 is 1.30 bits per heavy atom. The van der Waals surface area contributed by atoms with Gasteiger partial charge in [-0.1, -0.05) is 0 Å². The molecular weight excluding hydrogens is 367 g/mol. The molecule has 3 heterocycles. The van der Waals surface area contributed by atoms with Crippen molar-refractivity contribution in [2.75, 3.05) is 31.1 Å². The van der Waals surface area contributed by atoms with Crippen LogP contribution >= 0.6 is 0 Å². The van der Waals surface area contributed by atoms with Crippen molar-refractivity contribution < 1.29 is 27.9 Å². The van der Waals surface area contributed by atoms with Gasteiger partial charge < -0.3 is 20.2 Å². The lowest BCUT2D eigenvalue weighted by Crippen LogP contribution is -2.51. The van der Waals surface area contributed by atoms with Crippen LogP contribution in [0.4, 0.5) is 23.7 Å². The lowest BCUT2D eigenvalue weighted by Gasteiger charge is -2.34. The molecule has 1 aromatic heterocycles. The maximum Gasteiger partial charge on any atom is 0.394 e. The lowest BCUT2D eigenvalue weighted by molar-refractivity contribution is -0.187. The summed E-state index contributed by atoms with van der Waals surface area (Å²) in [5.41, 5.74) is 0.917. The summed E-state index contributed by atoms with van der Waals surface area (Å²) >= 11 is 0. The topological polar surface area (TPSA) is 90.7 Å². The van der Waals surface area contributed by atoms with Crippen LogP contribution in [-0.4, -0.2) is 70.2 Å². The zero-order valence-corrected chi connectivity index (χ0v) is 14.8. The van der Waals surface area contributed by atoms with Gasteiger partial charge in [-0.3, -0.25) is 9.48 Å². The minimum Gasteiger partial charge on any atom is -0.481 e. The molecule has 2 aliphatic rings. The number of hydrogen-bond acceptors (Lipinski definition) is 4. The zero-order valence-electron chi connectivity index (χ0n) is 14.8. The Morgan fingerprint density at radius 3 is 2.59 bits per heavy atom. The average Bonchev–Trinajstić information content (AvgIpc) is 3.21. The standard InChI is InChI=1S/C16H22F3N5O3/c1-22-7-11(5-20-22)23-4-2-3-10(6-23)21-15(27)24-8-12(14(25)26)13(9-24)16(17,18)19/h5,7,10,12-13H,2-4,6,8-9H2,1H3,(H,21,27)(H,25,26)/t10?,12-,13-/m1/s1. The molecule has 27 heavy (non-hydrogen) atoms. The summed E-state index contributed by atoms with van der Waals surface area (Å²) in [5.74, 6) is -5.21. The van der Waals surface area contributed by atoms with Crippen molar-refractivity contribution in [3.8, 4) is 0 Å². The highest BCUT2D eigenvalue weighted by Gasteiger charge is 2.53. The number of aliphatic carboxylic acids is 1. The monoisotopic (exact) mass is 389 g/mol. The fraction of sp³-hybridized carbons (Fsp3) is 0.688. The van der Waals surface area contributed by atoms with Crippen LogP contribution in [0.2, 0.25) is 0 Å². The molecule has 1 aromatic rings. The number of aryl methyl sites for hydroxylation is 1. The molecule has 0 aromatic carbocycles. The normalized spacial score (nSPS) is 26.3. The maximum absolute atomic E-state index is 13.1. The number of hydrogen-bond donors (Lipinski definition) is 2. The minimum atomic E-state index is -4.65. The predicted molar refractivity (Wildman–Crippen MR) is 89.2 cm³/mol. The van der Waals surface area contributed by atoms with Crippen LogP contribution in [0.5, 0.6) is 0 Å². The largest absolute Gasteiger partial charge is 0.481 e. The fourth-order valence-electron chi connectivity index (χ4n) is 3.72. The first kappa shape index (κ1) is 19.3. The highest BCUT2D eigenvalue weighted by Crippen LogP contribution is 2.37. The van der Waals surface area contributed by atoms with Crippen molar-refractivity contribution >= 4 is 17.7 Å². The summed E-state index contributed by atoms with van der Waals surface area (Å²) in [6.45, 7) is 0.255. The molecular formula is C16H22F3N5O3. The Kier molecular flexibility index (Phi) is 5.20. The van der Waals surface area contributed by atoms with Gasteiger partial charge >= 0.3 is 18.2 Å². The van der Waals surface area contributed by atoms with Crippen molar-refractivity contribution in [2.45, 2.75) is 25.1 Å². The van der Waals surface area contributed by atoms with E-state index >= 15 is 0 Å². The molecule has 2 aliphatic heterocycles. The van der Waals surface area contributed by atoms with Crippen molar-refractivity contribution in [3.05, 3.63) is 12.4 Å². The number of piperidine rings is 1. The first-order valence-corrected chi connectivity index (χ1v) is 8.73. The molecule has 11 heteroatoms. The maximum atomic E-state index is 13.1. The third-order valence-corrected chi connectivity index (χ3v) is 5.15. The predicted octanol–water partition coefficient (Wildman–Crippen LogP) is 1.29. The van der Waals surface area contributed by atoms with E-state index in [-0.39, 0.29) is 6.04 Å². The second kappa shape index (κ2) is 7.28. The van der Waals surface area contributed by atoms with Gasteiger partial charge in [0.2, 0.25) is 0 Å². The molecule has 1 unspecified atom stereocenters. The quantitative estimate of drug-likeness (QED) is 0.813. The van der Waals surface area contributed by atoms with Gasteiger partial charge in [0.05, 0.1) is 23.7 Å². The smallest absolute Gasteiger partial charge is 0.394 e. The number of anilines is 1. The number of carbonyl (C=O) groups excluding carboxylic acids is 1. The summed E-state index contributed by atoms with van der Waals surface area (Å²) in [6, 6.07) is -0.870. The fourth-order valence-corrected chi connectivity index (χ4v) is 3.72. The van der Waals surface area contributed by atoms with Gasteiger partial charge in [-0.25, -0.2) is 4.79 Å². The molecule has 3 rings (SSSR count). The summed E-state index contributed by atoms with van der Waals surface area (Å²) in [6.07, 6.45) is 0.455. The minimum absolute atomic E-state index is 0.223. The van der Waals surface area contributed by atoms with Crippen molar-refractivity contribution in [3.63, 3.8) is 0 Å². The number of nitrogens with zero attached hydrogens (tertiary/aromatic N) is 4. The number of halogens is 3. The summed E-state index contributed by atoms with van der Waals surface area (Å²) < 4.78 is 40.9. The molecule has 2 amide bonds. The Morgan fingerprint density at radius 2 is 2.04 bits per heavy atom. The number of urea groups is 1. The Balaban J connectivity index is 1.60. The van der Waals surface area contributed by atoms with Gasteiger partial charge in [0.15, 0.2) is 0 Å². The Bertz CT molecular complexity index is 708. The molecule has 2 fully saturated rings. The van der Waals surface area contributed by atoms with E-state index in [0.717, 1.165) is 23.6 Å². The van der Waals surface area contributed by atoms with Gasteiger partial charge in [-0.05, 0) is 12.8 Å². The Hall–Kier alpha value is -2.46. The molecule has 0 bridgehead atoms. The Labute approximate surface area is 153 Å². The van der Waals surface area contributed by atoms with E-state index in [0.29, 0.717) is 13.0 Å². The van der Waals surface area contributed by atoms with Gasteiger partial charge in [-0.2, -0.15) is 18.3 Å². The van der Waals surface area contributed by atoms with E-state index in [2.05, 4.69) is 15.3 Å². The number of aromatic nitrogens is 2. The summed E-state index contributed by atoms with van der Waals surface area (Å²) in [4.78, 5) is 26.6. The van der Waals surface area contributed by atoms with Crippen LogP contribution in [0.1, 0.15) is 12.8 Å². The van der Waals surface area contributed by atoms with Crippen molar-refractivity contribution in [2.24, 2.45) is 18.9 Å². The van der Waals surface area contributed by atoms with E-state index in [1.165, 1.54) is 0 Å². The number of rotatable bonds is 3. The van der Waals surface area contributed by atoms with Crippen LogP contribution in [-0.2, 0) is 11.8 Å². The number of amides is 2. The molecule has 8 nitrogen and oxygen atoms in total. The zero-order chi connectivity index (χ0) is 19.8. The first-order chi connectivity index (χ1) is 12.6. The van der Waals surface area contributed by atoms with Crippen LogP contribution < -0.4 is 10.2 Å². The van der Waals surface area contributed by atoms with Gasteiger partial charge in [0, 0.05) is 45.5 Å². The number of carboxylic acids is 1. The number of carbonyl (C=O) groups is 2. The van der Waals surface area contributed by atoms with Crippen LogP contribution in [0.25, 0.3) is 0 Å². The first-order valence-electron chi connectivity index (χ1n) is 8.73. The highest BCUT2D eigenvalue weighted by molar-refractivity contribution is 5.78. The van der Waals surface area contributed by atoms with E-state index < -0.39 is 43.1 Å². The van der Waals surface area contributed by atoms with Gasteiger partial charge in [-0.15, -0.1) is 0 Å². The number of likely N-dealkylation sites (tertiary alicyclic amines) is 1. The summed E-state index contributed by atoms with van der Waals surface area (Å²) in [5, 5.41) is 15.9. The third-order valence-electron chi connectivity index (χ3n) is 5.15. The number of alkyl halides is 3. The van der Waals surface area contributed by atoms with Crippen LogP contribution in [0, 0.1) is 11.8 Å². The molecule has 0 aliphatic carbocycles. The summed E-state index contributed by atoms with van der Waals surface area (Å²) in [7, 11) is 1.80. The molecule has 0 spiro atoms. The molecule has 2 saturated heterocycles. The van der Waals surface area contributed by atoms with E-state index in [9.17, 15) is 22.8 Å². The SMILES string of the molecule is Cn1cc(N2CCCC(NC(=O)N3C[C@@H](C(F)(F)F)[C@H](C(=O)O)C3)C2)cn1. The lowest BCUT2D eigenvalue weighted by atomic mass is 9.96. The molecule has 150 valence electrons. The van der Waals surface area contributed by atoms with Crippen LogP contribution in [0.3, 0.4) is 0 Å².